The Morgan fingerprint density at radius 2 is 2.09 bits per heavy atom. The lowest BCUT2D eigenvalue weighted by atomic mass is 9.86. The first-order valence-electron chi connectivity index (χ1n) is 10.6. The molecule has 3 aromatic rings. The van der Waals surface area contributed by atoms with E-state index in [9.17, 15) is 8.42 Å². The van der Waals surface area contributed by atoms with Crippen molar-refractivity contribution >= 4 is 38.5 Å². The molecule has 0 saturated carbocycles. The Balaban J connectivity index is 1.60. The predicted molar refractivity (Wildman–Crippen MR) is 126 cm³/mol. The third-order valence-corrected chi connectivity index (χ3v) is 8.88. The lowest BCUT2D eigenvalue weighted by Gasteiger charge is -2.41. The quantitative estimate of drug-likeness (QED) is 0.599. The Hall–Kier alpha value is -3.47. The molecule has 0 saturated heterocycles. The summed E-state index contributed by atoms with van der Waals surface area (Å²) in [5, 5.41) is 2.63. The summed E-state index contributed by atoms with van der Waals surface area (Å²) in [5.41, 5.74) is 8.97. The summed E-state index contributed by atoms with van der Waals surface area (Å²) in [5.74, 6) is 0.958. The summed E-state index contributed by atoms with van der Waals surface area (Å²) in [6.45, 7) is 1.86. The molecule has 2 aliphatic rings. The Labute approximate surface area is 192 Å². The number of guanidine groups is 1. The van der Waals surface area contributed by atoms with Crippen molar-refractivity contribution in [3.63, 3.8) is 0 Å². The van der Waals surface area contributed by atoms with E-state index in [0.717, 1.165) is 34.0 Å². The first kappa shape index (κ1) is 21.4. The van der Waals surface area contributed by atoms with E-state index in [-0.39, 0.29) is 5.96 Å². The van der Waals surface area contributed by atoms with Crippen LogP contribution in [-0.4, -0.2) is 53.0 Å². The Morgan fingerprint density at radius 3 is 2.88 bits per heavy atom. The van der Waals surface area contributed by atoms with Gasteiger partial charge in [0.2, 0.25) is 21.9 Å². The fraction of sp³-hybridized carbons (Fsp3) is 0.364. The number of nitrogens with two attached hydrogens (primary N) is 1. The number of benzene rings is 1. The fourth-order valence-corrected chi connectivity index (χ4v) is 6.64. The maximum Gasteiger partial charge on any atom is 0.242 e. The zero-order valence-corrected chi connectivity index (χ0v) is 19.4. The molecule has 3 heterocycles. The highest BCUT2D eigenvalue weighted by Gasteiger charge is 2.51. The number of aromatic nitrogens is 3. The number of nitrogens with one attached hydrogen (secondary N) is 1. The summed E-state index contributed by atoms with van der Waals surface area (Å²) in [6, 6.07) is 7.68. The van der Waals surface area contributed by atoms with E-state index < -0.39 is 20.8 Å². The van der Waals surface area contributed by atoms with Crippen molar-refractivity contribution < 1.29 is 13.2 Å². The van der Waals surface area contributed by atoms with E-state index in [1.54, 1.807) is 18.5 Å². The van der Waals surface area contributed by atoms with Crippen LogP contribution in [0.3, 0.4) is 0 Å². The van der Waals surface area contributed by atoms with Gasteiger partial charge in [-0.05, 0) is 55.5 Å². The highest BCUT2D eigenvalue weighted by Crippen LogP contribution is 2.44. The van der Waals surface area contributed by atoms with Gasteiger partial charge in [0.25, 0.3) is 0 Å². The first-order chi connectivity index (χ1) is 15.7. The van der Waals surface area contributed by atoms with Crippen molar-refractivity contribution in [3.05, 3.63) is 47.8 Å². The van der Waals surface area contributed by atoms with Gasteiger partial charge in [0.15, 0.2) is 5.82 Å². The number of nitrogens with zero attached hydrogens (tertiary/aromatic N) is 5. The topological polar surface area (TPSA) is 136 Å². The minimum absolute atomic E-state index is 0.0000889. The van der Waals surface area contributed by atoms with Gasteiger partial charge in [-0.15, -0.1) is 0 Å². The summed E-state index contributed by atoms with van der Waals surface area (Å²) in [4.78, 5) is 18.0. The average Bonchev–Trinajstić information content (AvgIpc) is 2.94. The molecular weight excluding hydrogens is 442 g/mol. The number of ether oxygens (including phenoxy) is 1. The average molecular weight is 468 g/mol. The van der Waals surface area contributed by atoms with Crippen LogP contribution in [0.1, 0.15) is 30.9 Å². The van der Waals surface area contributed by atoms with Gasteiger partial charge in [0.1, 0.15) is 16.3 Å². The third kappa shape index (κ3) is 3.34. The van der Waals surface area contributed by atoms with Crippen LogP contribution in [0, 0.1) is 0 Å². The number of fused-ring (bicyclic) bond motifs is 4. The van der Waals surface area contributed by atoms with Crippen LogP contribution < -0.4 is 15.8 Å². The molecule has 5 rings (SSSR count). The molecule has 10 nitrogen and oxygen atoms in total. The first-order valence-corrected chi connectivity index (χ1v) is 12.1. The molecular formula is C22H25N7O3S. The normalized spacial score (nSPS) is 23.8. The second-order valence-electron chi connectivity index (χ2n) is 8.45. The molecule has 3 N–H and O–H groups in total. The van der Waals surface area contributed by atoms with Crippen molar-refractivity contribution in [1.82, 2.24) is 19.3 Å². The summed E-state index contributed by atoms with van der Waals surface area (Å²) >= 11 is 0. The molecule has 0 fully saturated rings. The Morgan fingerprint density at radius 1 is 1.27 bits per heavy atom. The van der Waals surface area contributed by atoms with Gasteiger partial charge < -0.3 is 15.8 Å². The van der Waals surface area contributed by atoms with Gasteiger partial charge in [0.05, 0.1) is 18.8 Å². The molecule has 33 heavy (non-hydrogen) atoms. The van der Waals surface area contributed by atoms with Gasteiger partial charge in [-0.1, -0.05) is 6.07 Å². The summed E-state index contributed by atoms with van der Waals surface area (Å²) in [7, 11) is -0.631. The van der Waals surface area contributed by atoms with E-state index >= 15 is 0 Å². The smallest absolute Gasteiger partial charge is 0.242 e. The van der Waals surface area contributed by atoms with Crippen molar-refractivity contribution in [2.45, 2.75) is 37.0 Å². The Kier molecular flexibility index (Phi) is 4.89. The molecule has 0 unspecified atom stereocenters. The highest BCUT2D eigenvalue weighted by molar-refractivity contribution is 7.90. The molecule has 11 heteroatoms. The molecule has 1 aliphatic heterocycles. The van der Waals surface area contributed by atoms with Crippen LogP contribution in [0.4, 0.5) is 11.5 Å². The zero-order valence-electron chi connectivity index (χ0n) is 18.6. The molecule has 2 aromatic heterocycles. The molecule has 0 bridgehead atoms. The zero-order chi connectivity index (χ0) is 23.4. The number of hydrogen-bond acceptors (Lipinski definition) is 9. The second-order valence-corrected chi connectivity index (χ2v) is 10.6. The standard InChI is InChI=1S/C22H25N7O3S/c1-22-15-11-14(26-20-19-16(9-10-24-20)27-18(32-3)12-25-19)8-7-13(15)5-4-6-17(22)33(30,31)29(2)21(23)28-22/h7-12,17H,4-6H2,1-3H3,(H2,23,28)(H,24,26)/t17-,22+/m0/s1. The minimum Gasteiger partial charge on any atom is -0.480 e. The van der Waals surface area contributed by atoms with Gasteiger partial charge >= 0.3 is 0 Å². The number of aliphatic imine (C=N–C) groups is 1. The van der Waals surface area contributed by atoms with E-state index in [2.05, 4.69) is 20.3 Å². The number of aryl methyl sites for hydroxylation is 1. The SMILES string of the molecule is COc1cnc2c(Nc3ccc4c(c3)[C@@]3(C)N=C(N)N(C)S(=O)(=O)[C@H]3CCC4)nccc2n1. The lowest BCUT2D eigenvalue weighted by Crippen LogP contribution is -2.56. The lowest BCUT2D eigenvalue weighted by molar-refractivity contribution is 0.397. The number of pyridine rings is 1. The maximum atomic E-state index is 13.2. The molecule has 0 spiro atoms. The number of sulfonamides is 1. The van der Waals surface area contributed by atoms with Crippen LogP contribution in [0.2, 0.25) is 0 Å². The third-order valence-electron chi connectivity index (χ3n) is 6.51. The highest BCUT2D eigenvalue weighted by atomic mass is 32.2. The monoisotopic (exact) mass is 467 g/mol. The Bertz CT molecular complexity index is 1390. The van der Waals surface area contributed by atoms with Crippen molar-refractivity contribution in [3.8, 4) is 5.88 Å². The van der Waals surface area contributed by atoms with Crippen molar-refractivity contribution in [2.75, 3.05) is 19.5 Å². The van der Waals surface area contributed by atoms with Crippen LogP contribution in [-0.2, 0) is 22.0 Å². The van der Waals surface area contributed by atoms with E-state index in [1.807, 2.05) is 25.1 Å². The molecule has 1 aliphatic carbocycles. The van der Waals surface area contributed by atoms with Gasteiger partial charge in [0, 0.05) is 18.9 Å². The van der Waals surface area contributed by atoms with E-state index in [4.69, 9.17) is 15.5 Å². The maximum absolute atomic E-state index is 13.2. The molecule has 0 radical (unpaired) electrons. The second kappa shape index (κ2) is 7.55. The molecule has 1 aromatic carbocycles. The summed E-state index contributed by atoms with van der Waals surface area (Å²) < 4.78 is 32.7. The van der Waals surface area contributed by atoms with E-state index in [1.165, 1.54) is 14.2 Å². The van der Waals surface area contributed by atoms with Crippen LogP contribution in [0.15, 0.2) is 41.7 Å². The summed E-state index contributed by atoms with van der Waals surface area (Å²) in [6.07, 6.45) is 5.23. The fourth-order valence-electron chi connectivity index (χ4n) is 4.73. The molecule has 0 amide bonds. The van der Waals surface area contributed by atoms with Gasteiger partial charge in [-0.2, -0.15) is 0 Å². The van der Waals surface area contributed by atoms with Crippen molar-refractivity contribution in [2.24, 2.45) is 10.7 Å². The minimum atomic E-state index is -3.63. The van der Waals surface area contributed by atoms with Crippen LogP contribution >= 0.6 is 0 Å². The number of anilines is 2. The molecule has 2 atom stereocenters. The van der Waals surface area contributed by atoms with Crippen LogP contribution in [0.25, 0.3) is 11.0 Å². The predicted octanol–water partition coefficient (Wildman–Crippen LogP) is 2.29. The number of methoxy groups -OCH3 is 1. The molecule has 172 valence electrons. The van der Waals surface area contributed by atoms with Gasteiger partial charge in [-0.25, -0.2) is 32.7 Å². The van der Waals surface area contributed by atoms with Crippen molar-refractivity contribution in [1.29, 1.82) is 0 Å². The van der Waals surface area contributed by atoms with Gasteiger partial charge in [-0.3, -0.25) is 0 Å². The van der Waals surface area contributed by atoms with Crippen LogP contribution in [0.5, 0.6) is 5.88 Å². The van der Waals surface area contributed by atoms with E-state index in [0.29, 0.717) is 29.2 Å². The number of rotatable bonds is 3. The number of hydrogen-bond donors (Lipinski definition) is 2. The largest absolute Gasteiger partial charge is 0.480 e.